The van der Waals surface area contributed by atoms with Crippen LogP contribution in [0.5, 0.6) is 11.5 Å². The fourth-order valence-electron chi connectivity index (χ4n) is 2.54. The molecule has 0 saturated carbocycles. The van der Waals surface area contributed by atoms with Crippen molar-refractivity contribution in [1.29, 1.82) is 0 Å². The molecule has 0 atom stereocenters. The Labute approximate surface area is 170 Å². The number of halogens is 2. The van der Waals surface area contributed by atoms with E-state index in [9.17, 15) is 9.59 Å². The summed E-state index contributed by atoms with van der Waals surface area (Å²) >= 11 is 13.2. The van der Waals surface area contributed by atoms with Crippen LogP contribution in [0.15, 0.2) is 41.3 Å². The molecule has 0 bridgehead atoms. The zero-order chi connectivity index (χ0) is 19.6. The summed E-state index contributed by atoms with van der Waals surface area (Å²) < 4.78 is 10.5. The van der Waals surface area contributed by atoms with Crippen molar-refractivity contribution >= 4 is 52.2 Å². The summed E-state index contributed by atoms with van der Waals surface area (Å²) in [4.78, 5) is 26.5. The van der Waals surface area contributed by atoms with Gasteiger partial charge in [-0.15, -0.1) is 0 Å². The fourth-order valence-corrected chi connectivity index (χ4v) is 3.90. The van der Waals surface area contributed by atoms with Crippen LogP contribution in [0.25, 0.3) is 6.08 Å². The van der Waals surface area contributed by atoms with Crippen LogP contribution in [-0.2, 0) is 11.3 Å². The monoisotopic (exact) mass is 423 g/mol. The van der Waals surface area contributed by atoms with Gasteiger partial charge in [0.1, 0.15) is 11.5 Å². The number of imide groups is 1. The first-order valence-electron chi connectivity index (χ1n) is 7.84. The molecule has 8 heteroatoms. The SMILES string of the molecule is COc1cc(/C=C2\SC(=O)N(Cc3c(Cl)cccc3Cl)C2=O)cc(OC)c1. The molecule has 140 valence electrons. The summed E-state index contributed by atoms with van der Waals surface area (Å²) in [6.45, 7) is 0.0158. The van der Waals surface area contributed by atoms with E-state index in [0.29, 0.717) is 37.6 Å². The summed E-state index contributed by atoms with van der Waals surface area (Å²) in [6, 6.07) is 10.3. The van der Waals surface area contributed by atoms with Crippen molar-refractivity contribution < 1.29 is 19.1 Å². The smallest absolute Gasteiger partial charge is 0.293 e. The third-order valence-corrected chi connectivity index (χ3v) is 5.54. The van der Waals surface area contributed by atoms with Gasteiger partial charge in [0.15, 0.2) is 0 Å². The molecule has 2 aromatic rings. The third-order valence-electron chi connectivity index (χ3n) is 3.92. The van der Waals surface area contributed by atoms with Crippen molar-refractivity contribution in [2.75, 3.05) is 14.2 Å². The van der Waals surface area contributed by atoms with Gasteiger partial charge < -0.3 is 9.47 Å². The summed E-state index contributed by atoms with van der Waals surface area (Å²) in [7, 11) is 3.08. The Morgan fingerprint density at radius 1 is 1.04 bits per heavy atom. The quantitative estimate of drug-likeness (QED) is 0.614. The van der Waals surface area contributed by atoms with Gasteiger partial charge in [-0.1, -0.05) is 29.3 Å². The van der Waals surface area contributed by atoms with Crippen LogP contribution in [0.3, 0.4) is 0 Å². The number of hydrogen-bond acceptors (Lipinski definition) is 5. The van der Waals surface area contributed by atoms with Crippen molar-refractivity contribution in [3.05, 3.63) is 62.5 Å². The van der Waals surface area contributed by atoms with Crippen molar-refractivity contribution in [3.63, 3.8) is 0 Å². The maximum absolute atomic E-state index is 12.7. The fraction of sp³-hybridized carbons (Fsp3) is 0.158. The van der Waals surface area contributed by atoms with E-state index in [1.807, 2.05) is 0 Å². The van der Waals surface area contributed by atoms with E-state index in [-0.39, 0.29) is 11.8 Å². The first-order valence-corrected chi connectivity index (χ1v) is 9.41. The lowest BCUT2D eigenvalue weighted by atomic mass is 10.1. The molecule has 1 aliphatic heterocycles. The number of methoxy groups -OCH3 is 2. The molecule has 2 amide bonds. The minimum atomic E-state index is -0.400. The second-order valence-electron chi connectivity index (χ2n) is 5.61. The molecule has 0 aliphatic carbocycles. The van der Waals surface area contributed by atoms with Crippen molar-refractivity contribution in [3.8, 4) is 11.5 Å². The maximum atomic E-state index is 12.7. The van der Waals surface area contributed by atoms with Gasteiger partial charge in [-0.05, 0) is 47.7 Å². The molecule has 0 radical (unpaired) electrons. The molecule has 3 rings (SSSR count). The first-order chi connectivity index (χ1) is 12.9. The van der Waals surface area contributed by atoms with Crippen LogP contribution in [0.4, 0.5) is 4.79 Å². The van der Waals surface area contributed by atoms with Gasteiger partial charge in [-0.2, -0.15) is 0 Å². The highest BCUT2D eigenvalue weighted by Crippen LogP contribution is 2.36. The Bertz CT molecular complexity index is 903. The van der Waals surface area contributed by atoms with E-state index in [4.69, 9.17) is 32.7 Å². The van der Waals surface area contributed by atoms with E-state index in [0.717, 1.165) is 16.7 Å². The van der Waals surface area contributed by atoms with Gasteiger partial charge in [0.05, 0.1) is 25.7 Å². The number of nitrogens with zero attached hydrogens (tertiary/aromatic N) is 1. The molecule has 0 spiro atoms. The van der Waals surface area contributed by atoms with Gasteiger partial charge in [0.2, 0.25) is 0 Å². The minimum Gasteiger partial charge on any atom is -0.497 e. The summed E-state index contributed by atoms with van der Waals surface area (Å²) in [5, 5.41) is 0.434. The summed E-state index contributed by atoms with van der Waals surface area (Å²) in [6.07, 6.45) is 1.63. The lowest BCUT2D eigenvalue weighted by Crippen LogP contribution is -2.27. The molecule has 0 unspecified atom stereocenters. The standard InChI is InChI=1S/C19H15Cl2NO4S/c1-25-12-6-11(7-13(9-12)26-2)8-17-18(23)22(19(24)27-17)10-14-15(20)4-3-5-16(14)21/h3-9H,10H2,1-2H3/b17-8-. The predicted molar refractivity (Wildman–Crippen MR) is 108 cm³/mol. The Morgan fingerprint density at radius 2 is 1.63 bits per heavy atom. The Hall–Kier alpha value is -2.15. The van der Waals surface area contributed by atoms with Crippen LogP contribution in [0, 0.1) is 0 Å². The lowest BCUT2D eigenvalue weighted by Gasteiger charge is -2.14. The van der Waals surface area contributed by atoms with Crippen LogP contribution in [0.1, 0.15) is 11.1 Å². The highest BCUT2D eigenvalue weighted by atomic mass is 35.5. The van der Waals surface area contributed by atoms with E-state index in [1.54, 1.807) is 56.7 Å². The summed E-state index contributed by atoms with van der Waals surface area (Å²) in [5.74, 6) is 0.771. The molecule has 5 nitrogen and oxygen atoms in total. The van der Waals surface area contributed by atoms with Gasteiger partial charge in [0, 0.05) is 21.7 Å². The van der Waals surface area contributed by atoms with E-state index >= 15 is 0 Å². The number of benzene rings is 2. The predicted octanol–water partition coefficient (Wildman–Crippen LogP) is 5.25. The highest BCUT2D eigenvalue weighted by Gasteiger charge is 2.35. The second-order valence-corrected chi connectivity index (χ2v) is 7.42. The van der Waals surface area contributed by atoms with E-state index in [2.05, 4.69) is 0 Å². The Balaban J connectivity index is 1.89. The second kappa shape index (κ2) is 8.25. The van der Waals surface area contributed by atoms with Crippen LogP contribution < -0.4 is 9.47 Å². The molecule has 1 aliphatic rings. The number of rotatable bonds is 5. The van der Waals surface area contributed by atoms with Gasteiger partial charge in [-0.3, -0.25) is 14.5 Å². The topological polar surface area (TPSA) is 55.8 Å². The molecular formula is C19H15Cl2NO4S. The summed E-state index contributed by atoms with van der Waals surface area (Å²) in [5.41, 5.74) is 1.22. The number of ether oxygens (including phenoxy) is 2. The zero-order valence-electron chi connectivity index (χ0n) is 14.5. The van der Waals surface area contributed by atoms with E-state index < -0.39 is 5.91 Å². The largest absolute Gasteiger partial charge is 0.497 e. The van der Waals surface area contributed by atoms with Crippen molar-refractivity contribution in [2.45, 2.75) is 6.54 Å². The first kappa shape index (κ1) is 19.6. The van der Waals surface area contributed by atoms with Crippen molar-refractivity contribution in [1.82, 2.24) is 4.90 Å². The normalized spacial score (nSPS) is 15.6. The number of hydrogen-bond donors (Lipinski definition) is 0. The number of carbonyl (C=O) groups excluding carboxylic acids is 2. The molecule has 1 fully saturated rings. The van der Waals surface area contributed by atoms with Crippen LogP contribution >= 0.6 is 35.0 Å². The molecule has 27 heavy (non-hydrogen) atoms. The molecular weight excluding hydrogens is 409 g/mol. The molecule has 1 heterocycles. The number of amides is 2. The van der Waals surface area contributed by atoms with Crippen LogP contribution in [0.2, 0.25) is 10.0 Å². The average Bonchev–Trinajstić information content (AvgIpc) is 2.91. The van der Waals surface area contributed by atoms with E-state index in [1.165, 1.54) is 0 Å². The molecule has 0 N–H and O–H groups in total. The third kappa shape index (κ3) is 4.24. The molecule has 2 aromatic carbocycles. The average molecular weight is 424 g/mol. The van der Waals surface area contributed by atoms with Gasteiger partial charge in [0.25, 0.3) is 11.1 Å². The van der Waals surface area contributed by atoms with Crippen LogP contribution in [-0.4, -0.2) is 30.3 Å². The van der Waals surface area contributed by atoms with Gasteiger partial charge >= 0.3 is 0 Å². The Morgan fingerprint density at radius 3 is 2.19 bits per heavy atom. The highest BCUT2D eigenvalue weighted by molar-refractivity contribution is 8.18. The number of carbonyl (C=O) groups is 2. The maximum Gasteiger partial charge on any atom is 0.293 e. The minimum absolute atomic E-state index is 0.0158. The van der Waals surface area contributed by atoms with Gasteiger partial charge in [-0.25, -0.2) is 0 Å². The molecule has 0 aromatic heterocycles. The number of thioether (sulfide) groups is 1. The van der Waals surface area contributed by atoms with Crippen molar-refractivity contribution in [2.24, 2.45) is 0 Å². The molecule has 1 saturated heterocycles. The zero-order valence-corrected chi connectivity index (χ0v) is 16.8. The Kier molecular flexibility index (Phi) is 5.99. The lowest BCUT2D eigenvalue weighted by molar-refractivity contribution is -0.123.